The van der Waals surface area contributed by atoms with Gasteiger partial charge in [-0.25, -0.2) is 0 Å². The molecule has 0 aliphatic rings. The summed E-state index contributed by atoms with van der Waals surface area (Å²) in [5, 5.41) is 17.3. The highest BCUT2D eigenvalue weighted by Gasteiger charge is 1.98. The van der Waals surface area contributed by atoms with Gasteiger partial charge in [0.1, 0.15) is 11.5 Å². The van der Waals surface area contributed by atoms with Gasteiger partial charge >= 0.3 is 0 Å². The minimum Gasteiger partial charge on any atom is -0.508 e. The van der Waals surface area contributed by atoms with E-state index in [1.807, 2.05) is 27.7 Å². The van der Waals surface area contributed by atoms with E-state index in [1.165, 1.54) is 24.3 Å². The third-order valence-corrected chi connectivity index (χ3v) is 2.57. The Balaban J connectivity index is 0.000000184. The van der Waals surface area contributed by atoms with Crippen molar-refractivity contribution in [1.29, 1.82) is 0 Å². The fourth-order valence-corrected chi connectivity index (χ4v) is 1.28. The van der Waals surface area contributed by atoms with Crippen LogP contribution >= 0.6 is 0 Å². The molecule has 0 radical (unpaired) electrons. The summed E-state index contributed by atoms with van der Waals surface area (Å²) in [5.74, 6) is 0.339. The number of aromatic hydroxyl groups is 2. The molecule has 96 valence electrons. The van der Waals surface area contributed by atoms with E-state index in [4.69, 9.17) is 10.2 Å². The van der Waals surface area contributed by atoms with Crippen LogP contribution in [0.25, 0.3) is 0 Å². The molecule has 0 saturated carbocycles. The second-order valence-corrected chi connectivity index (χ2v) is 4.08. The number of aromatic nitrogens is 2. The normalized spacial score (nSPS) is 9.56. The topological polar surface area (TPSA) is 66.2 Å². The van der Waals surface area contributed by atoms with E-state index in [1.54, 1.807) is 0 Å². The average molecular weight is 246 g/mol. The maximum Gasteiger partial charge on any atom is 0.115 e. The van der Waals surface area contributed by atoms with Gasteiger partial charge in [-0.3, -0.25) is 9.97 Å². The van der Waals surface area contributed by atoms with E-state index >= 15 is 0 Å². The van der Waals surface area contributed by atoms with E-state index in [2.05, 4.69) is 9.97 Å². The molecule has 1 heterocycles. The van der Waals surface area contributed by atoms with Gasteiger partial charge in [-0.1, -0.05) is 0 Å². The Bertz CT molecular complexity index is 451. The standard InChI is InChI=1S/C8H12N2.C6H6O2/c1-5-6(2)10-8(4)7(3)9-5;7-5-1-2-6(8)4-3-5/h1-4H3;1-4,7-8H. The summed E-state index contributed by atoms with van der Waals surface area (Å²) < 4.78 is 0. The van der Waals surface area contributed by atoms with Gasteiger partial charge in [-0.05, 0) is 52.0 Å². The Morgan fingerprint density at radius 2 is 0.833 bits per heavy atom. The first-order chi connectivity index (χ1) is 8.40. The second-order valence-electron chi connectivity index (χ2n) is 4.08. The molecule has 4 nitrogen and oxygen atoms in total. The zero-order valence-electron chi connectivity index (χ0n) is 11.1. The van der Waals surface area contributed by atoms with Crippen molar-refractivity contribution in [3.05, 3.63) is 47.0 Å². The van der Waals surface area contributed by atoms with Gasteiger partial charge in [-0.2, -0.15) is 0 Å². The number of nitrogens with zero attached hydrogens (tertiary/aromatic N) is 2. The SMILES string of the molecule is Cc1nc(C)c(C)nc1C.Oc1ccc(O)cc1. The van der Waals surface area contributed by atoms with Crippen LogP contribution in [0.5, 0.6) is 11.5 Å². The van der Waals surface area contributed by atoms with Crippen molar-refractivity contribution in [2.75, 3.05) is 0 Å². The van der Waals surface area contributed by atoms with Gasteiger partial charge in [0.25, 0.3) is 0 Å². The Morgan fingerprint density at radius 3 is 1.06 bits per heavy atom. The number of hydrogen-bond donors (Lipinski definition) is 2. The molecule has 0 fully saturated rings. The highest BCUT2D eigenvalue weighted by atomic mass is 16.3. The smallest absolute Gasteiger partial charge is 0.115 e. The minimum absolute atomic E-state index is 0.169. The molecule has 2 aromatic rings. The molecule has 0 bridgehead atoms. The molecule has 2 N–H and O–H groups in total. The first kappa shape index (κ1) is 14.0. The summed E-state index contributed by atoms with van der Waals surface area (Å²) in [4.78, 5) is 8.62. The van der Waals surface area contributed by atoms with E-state index in [-0.39, 0.29) is 11.5 Å². The van der Waals surface area contributed by atoms with Crippen LogP contribution in [0.2, 0.25) is 0 Å². The maximum atomic E-state index is 8.65. The highest BCUT2D eigenvalue weighted by molar-refractivity contribution is 5.28. The molecule has 0 atom stereocenters. The van der Waals surface area contributed by atoms with Crippen molar-refractivity contribution in [2.45, 2.75) is 27.7 Å². The van der Waals surface area contributed by atoms with Gasteiger partial charge in [-0.15, -0.1) is 0 Å². The molecule has 0 saturated heterocycles. The first-order valence-electron chi connectivity index (χ1n) is 5.66. The van der Waals surface area contributed by atoms with Crippen LogP contribution in [-0.2, 0) is 0 Å². The lowest BCUT2D eigenvalue weighted by atomic mass is 10.3. The first-order valence-corrected chi connectivity index (χ1v) is 5.66. The van der Waals surface area contributed by atoms with Crippen LogP contribution in [0.3, 0.4) is 0 Å². The van der Waals surface area contributed by atoms with Gasteiger partial charge in [0, 0.05) is 0 Å². The third kappa shape index (κ3) is 4.05. The summed E-state index contributed by atoms with van der Waals surface area (Å²) in [5.41, 5.74) is 4.12. The largest absolute Gasteiger partial charge is 0.508 e. The Kier molecular flexibility index (Phi) is 4.66. The average Bonchev–Trinajstić information content (AvgIpc) is 2.31. The van der Waals surface area contributed by atoms with E-state index in [0.717, 1.165) is 22.8 Å². The van der Waals surface area contributed by atoms with Crippen molar-refractivity contribution < 1.29 is 10.2 Å². The van der Waals surface area contributed by atoms with Crippen LogP contribution in [0.4, 0.5) is 0 Å². The molecule has 1 aromatic heterocycles. The van der Waals surface area contributed by atoms with Crippen LogP contribution in [0, 0.1) is 27.7 Å². The summed E-state index contributed by atoms with van der Waals surface area (Å²) in [6.07, 6.45) is 0. The molecule has 0 spiro atoms. The predicted octanol–water partition coefficient (Wildman–Crippen LogP) is 2.81. The summed E-state index contributed by atoms with van der Waals surface area (Å²) >= 11 is 0. The minimum atomic E-state index is 0.169. The summed E-state index contributed by atoms with van der Waals surface area (Å²) in [7, 11) is 0. The monoisotopic (exact) mass is 246 g/mol. The van der Waals surface area contributed by atoms with E-state index < -0.39 is 0 Å². The highest BCUT2D eigenvalue weighted by Crippen LogP contribution is 2.13. The van der Waals surface area contributed by atoms with Crippen LogP contribution in [-0.4, -0.2) is 20.2 Å². The number of hydrogen-bond acceptors (Lipinski definition) is 4. The number of rotatable bonds is 0. The molecule has 0 aliphatic carbocycles. The second kappa shape index (κ2) is 6.00. The molecule has 2 rings (SSSR count). The van der Waals surface area contributed by atoms with Crippen molar-refractivity contribution in [3.63, 3.8) is 0 Å². The van der Waals surface area contributed by atoms with Crippen molar-refractivity contribution in [2.24, 2.45) is 0 Å². The number of phenolic OH excluding ortho intramolecular Hbond substituents is 2. The molecule has 18 heavy (non-hydrogen) atoms. The van der Waals surface area contributed by atoms with Crippen LogP contribution < -0.4 is 0 Å². The van der Waals surface area contributed by atoms with Crippen LogP contribution in [0.1, 0.15) is 22.8 Å². The molecule has 4 heteroatoms. The quantitative estimate of drug-likeness (QED) is 0.701. The van der Waals surface area contributed by atoms with Crippen LogP contribution in [0.15, 0.2) is 24.3 Å². The lowest BCUT2D eigenvalue weighted by Crippen LogP contribution is -1.97. The number of benzene rings is 1. The molecule has 0 amide bonds. The number of aryl methyl sites for hydroxylation is 4. The van der Waals surface area contributed by atoms with Gasteiger partial charge < -0.3 is 10.2 Å². The lowest BCUT2D eigenvalue weighted by molar-refractivity contribution is 0.460. The van der Waals surface area contributed by atoms with Crippen molar-refractivity contribution in [1.82, 2.24) is 9.97 Å². The van der Waals surface area contributed by atoms with Gasteiger partial charge in [0.05, 0.1) is 22.8 Å². The van der Waals surface area contributed by atoms with E-state index in [9.17, 15) is 0 Å². The maximum absolute atomic E-state index is 8.65. The molecule has 0 aliphatic heterocycles. The van der Waals surface area contributed by atoms with Gasteiger partial charge in [0.15, 0.2) is 0 Å². The molecular weight excluding hydrogens is 228 g/mol. The number of phenols is 2. The van der Waals surface area contributed by atoms with Gasteiger partial charge in [0.2, 0.25) is 0 Å². The Labute approximate surface area is 107 Å². The lowest BCUT2D eigenvalue weighted by Gasteiger charge is -2.01. The summed E-state index contributed by atoms with van der Waals surface area (Å²) in [6.45, 7) is 7.92. The molecule has 1 aromatic carbocycles. The third-order valence-electron chi connectivity index (χ3n) is 2.57. The van der Waals surface area contributed by atoms with Crippen molar-refractivity contribution in [3.8, 4) is 11.5 Å². The predicted molar refractivity (Wildman–Crippen MR) is 70.8 cm³/mol. The zero-order chi connectivity index (χ0) is 13.7. The fraction of sp³-hybridized carbons (Fsp3) is 0.286. The Morgan fingerprint density at radius 1 is 0.611 bits per heavy atom. The fourth-order valence-electron chi connectivity index (χ4n) is 1.28. The van der Waals surface area contributed by atoms with E-state index in [0.29, 0.717) is 0 Å². The zero-order valence-corrected chi connectivity index (χ0v) is 11.1. The molecular formula is C14H18N2O2. The summed E-state index contributed by atoms with van der Waals surface area (Å²) in [6, 6.07) is 5.70. The Hall–Kier alpha value is -2.10. The molecule has 0 unspecified atom stereocenters. The van der Waals surface area contributed by atoms with Crippen molar-refractivity contribution >= 4 is 0 Å².